The van der Waals surface area contributed by atoms with Gasteiger partial charge >= 0.3 is 0 Å². The van der Waals surface area contributed by atoms with Crippen LogP contribution in [0.15, 0.2) is 36.5 Å². The molecule has 1 aromatic heterocycles. The molecule has 20 heavy (non-hydrogen) atoms. The van der Waals surface area contributed by atoms with Crippen LogP contribution < -0.4 is 10.2 Å². The van der Waals surface area contributed by atoms with Gasteiger partial charge in [0.25, 0.3) is 0 Å². The van der Waals surface area contributed by atoms with Gasteiger partial charge in [-0.1, -0.05) is 18.2 Å². The number of pyridine rings is 1. The van der Waals surface area contributed by atoms with E-state index in [2.05, 4.69) is 39.5 Å². The van der Waals surface area contributed by atoms with Crippen molar-refractivity contribution in [3.05, 3.63) is 36.5 Å². The maximum atomic E-state index is 4.56. The SMILES string of the molecule is Cl.Cl.c1ccc2ncc(N3CC4CNCC4C3)cc2c1. The number of anilines is 1. The van der Waals surface area contributed by atoms with Gasteiger partial charge in [0.1, 0.15) is 0 Å². The summed E-state index contributed by atoms with van der Waals surface area (Å²) in [7, 11) is 0. The Bertz CT molecular complexity index is 578. The molecule has 3 heterocycles. The lowest BCUT2D eigenvalue weighted by atomic mass is 10.0. The van der Waals surface area contributed by atoms with Gasteiger partial charge in [-0.25, -0.2) is 0 Å². The lowest BCUT2D eigenvalue weighted by Crippen LogP contribution is -2.25. The summed E-state index contributed by atoms with van der Waals surface area (Å²) < 4.78 is 0. The minimum Gasteiger partial charge on any atom is -0.370 e. The minimum absolute atomic E-state index is 0. The van der Waals surface area contributed by atoms with E-state index in [4.69, 9.17) is 0 Å². The molecule has 2 aliphatic rings. The highest BCUT2D eigenvalue weighted by Gasteiger charge is 2.36. The Hall–Kier alpha value is -1.03. The lowest BCUT2D eigenvalue weighted by Gasteiger charge is -2.19. The highest BCUT2D eigenvalue weighted by atomic mass is 35.5. The average Bonchev–Trinajstić information content (AvgIpc) is 2.99. The van der Waals surface area contributed by atoms with Gasteiger partial charge in [0.05, 0.1) is 17.4 Å². The molecule has 1 aromatic carbocycles. The third-order valence-electron chi connectivity index (χ3n) is 4.33. The van der Waals surface area contributed by atoms with Crippen molar-refractivity contribution in [2.24, 2.45) is 11.8 Å². The molecule has 2 aliphatic heterocycles. The molecule has 3 nitrogen and oxygen atoms in total. The minimum atomic E-state index is 0. The van der Waals surface area contributed by atoms with Crippen molar-refractivity contribution in [1.82, 2.24) is 10.3 Å². The summed E-state index contributed by atoms with van der Waals surface area (Å²) in [5, 5.41) is 4.72. The van der Waals surface area contributed by atoms with Crippen LogP contribution in [0.1, 0.15) is 0 Å². The van der Waals surface area contributed by atoms with E-state index in [-0.39, 0.29) is 24.8 Å². The maximum Gasteiger partial charge on any atom is 0.0703 e. The van der Waals surface area contributed by atoms with Crippen LogP contribution >= 0.6 is 24.8 Å². The summed E-state index contributed by atoms with van der Waals surface area (Å²) in [4.78, 5) is 7.06. The number of fused-ring (bicyclic) bond motifs is 2. The third kappa shape index (κ3) is 2.58. The molecule has 0 bridgehead atoms. The first-order chi connectivity index (χ1) is 8.90. The molecule has 5 heteroatoms. The zero-order valence-corrected chi connectivity index (χ0v) is 12.8. The Labute approximate surface area is 131 Å². The summed E-state index contributed by atoms with van der Waals surface area (Å²) >= 11 is 0. The van der Waals surface area contributed by atoms with Crippen molar-refractivity contribution in [2.75, 3.05) is 31.1 Å². The quantitative estimate of drug-likeness (QED) is 0.877. The largest absolute Gasteiger partial charge is 0.370 e. The molecule has 0 spiro atoms. The van der Waals surface area contributed by atoms with Gasteiger partial charge in [-0.15, -0.1) is 24.8 Å². The topological polar surface area (TPSA) is 28.2 Å². The first-order valence-electron chi connectivity index (χ1n) is 6.70. The predicted octanol–water partition coefficient (Wildman–Crippen LogP) is 2.73. The highest BCUT2D eigenvalue weighted by Crippen LogP contribution is 2.31. The van der Waals surface area contributed by atoms with Gasteiger partial charge in [-0.2, -0.15) is 0 Å². The molecule has 0 saturated carbocycles. The second-order valence-corrected chi connectivity index (χ2v) is 5.47. The van der Waals surface area contributed by atoms with Crippen molar-refractivity contribution in [3.8, 4) is 0 Å². The fraction of sp³-hybridized carbons (Fsp3) is 0.400. The molecule has 2 aromatic rings. The number of nitrogens with one attached hydrogen (secondary N) is 1. The van der Waals surface area contributed by atoms with Crippen molar-refractivity contribution in [3.63, 3.8) is 0 Å². The van der Waals surface area contributed by atoms with Crippen LogP contribution in [0, 0.1) is 11.8 Å². The molecular weight excluding hydrogens is 293 g/mol. The Morgan fingerprint density at radius 2 is 1.75 bits per heavy atom. The van der Waals surface area contributed by atoms with Crippen molar-refractivity contribution in [2.45, 2.75) is 0 Å². The molecular formula is C15H19Cl2N3. The molecule has 2 unspecified atom stereocenters. The Balaban J connectivity index is 0.000000735. The van der Waals surface area contributed by atoms with Gasteiger partial charge in [0.15, 0.2) is 0 Å². The number of rotatable bonds is 1. The Kier molecular flexibility index (Phi) is 4.74. The number of hydrogen-bond acceptors (Lipinski definition) is 3. The second kappa shape index (κ2) is 6.17. The van der Waals surface area contributed by atoms with E-state index in [0.29, 0.717) is 0 Å². The number of aromatic nitrogens is 1. The number of halogens is 2. The van der Waals surface area contributed by atoms with Crippen LogP contribution in [0.2, 0.25) is 0 Å². The Morgan fingerprint density at radius 3 is 2.50 bits per heavy atom. The average molecular weight is 312 g/mol. The number of benzene rings is 1. The van der Waals surface area contributed by atoms with Gasteiger partial charge in [-0.05, 0) is 24.0 Å². The standard InChI is InChI=1S/C15H17N3.2ClH/c1-2-4-15-11(3-1)5-14(8-17-15)18-9-12-6-16-7-13(12)10-18;;/h1-5,8,12-13,16H,6-7,9-10H2;2*1H. The maximum absolute atomic E-state index is 4.56. The van der Waals surface area contributed by atoms with Crippen molar-refractivity contribution >= 4 is 41.4 Å². The summed E-state index contributed by atoms with van der Waals surface area (Å²) in [5.74, 6) is 1.66. The van der Waals surface area contributed by atoms with E-state index in [1.54, 1.807) is 0 Å². The van der Waals surface area contributed by atoms with Gasteiger partial charge in [0, 0.05) is 31.6 Å². The molecule has 108 valence electrons. The van der Waals surface area contributed by atoms with Gasteiger partial charge in [0.2, 0.25) is 0 Å². The smallest absolute Gasteiger partial charge is 0.0703 e. The van der Waals surface area contributed by atoms with Crippen molar-refractivity contribution in [1.29, 1.82) is 0 Å². The van der Waals surface area contributed by atoms with E-state index < -0.39 is 0 Å². The first-order valence-corrected chi connectivity index (χ1v) is 6.70. The van der Waals surface area contributed by atoms with E-state index >= 15 is 0 Å². The zero-order valence-electron chi connectivity index (χ0n) is 11.2. The number of hydrogen-bond donors (Lipinski definition) is 1. The van der Waals surface area contributed by atoms with E-state index in [9.17, 15) is 0 Å². The first kappa shape index (κ1) is 15.4. The predicted molar refractivity (Wildman–Crippen MR) is 88.3 cm³/mol. The third-order valence-corrected chi connectivity index (χ3v) is 4.33. The molecule has 2 saturated heterocycles. The van der Waals surface area contributed by atoms with Crippen LogP contribution in [-0.2, 0) is 0 Å². The lowest BCUT2D eigenvalue weighted by molar-refractivity contribution is 0.533. The molecule has 2 atom stereocenters. The normalized spacial score (nSPS) is 24.1. The van der Waals surface area contributed by atoms with Crippen LogP contribution in [0.3, 0.4) is 0 Å². The number of para-hydroxylation sites is 1. The van der Waals surface area contributed by atoms with E-state index in [1.807, 2.05) is 12.3 Å². The van der Waals surface area contributed by atoms with Crippen LogP contribution in [0.4, 0.5) is 5.69 Å². The summed E-state index contributed by atoms with van der Waals surface area (Å²) in [6, 6.07) is 10.6. The Morgan fingerprint density at radius 1 is 1.05 bits per heavy atom. The highest BCUT2D eigenvalue weighted by molar-refractivity contribution is 5.85. The molecule has 0 aliphatic carbocycles. The fourth-order valence-electron chi connectivity index (χ4n) is 3.30. The van der Waals surface area contributed by atoms with Crippen LogP contribution in [0.5, 0.6) is 0 Å². The number of nitrogens with zero attached hydrogens (tertiary/aromatic N) is 2. The summed E-state index contributed by atoms with van der Waals surface area (Å²) in [6.07, 6.45) is 2.02. The van der Waals surface area contributed by atoms with Crippen LogP contribution in [-0.4, -0.2) is 31.2 Å². The van der Waals surface area contributed by atoms with Crippen molar-refractivity contribution < 1.29 is 0 Å². The molecule has 0 radical (unpaired) electrons. The molecule has 4 rings (SSSR count). The molecule has 1 N–H and O–H groups in total. The second-order valence-electron chi connectivity index (χ2n) is 5.47. The van der Waals surface area contributed by atoms with E-state index in [0.717, 1.165) is 17.4 Å². The summed E-state index contributed by atoms with van der Waals surface area (Å²) in [6.45, 7) is 4.72. The fourth-order valence-corrected chi connectivity index (χ4v) is 3.30. The zero-order chi connectivity index (χ0) is 11.9. The molecule has 2 fully saturated rings. The van der Waals surface area contributed by atoms with Gasteiger partial charge in [-0.3, -0.25) is 4.98 Å². The van der Waals surface area contributed by atoms with E-state index in [1.165, 1.54) is 37.3 Å². The monoisotopic (exact) mass is 311 g/mol. The van der Waals surface area contributed by atoms with Crippen LogP contribution in [0.25, 0.3) is 10.9 Å². The van der Waals surface area contributed by atoms with Gasteiger partial charge < -0.3 is 10.2 Å². The summed E-state index contributed by atoms with van der Waals surface area (Å²) in [5.41, 5.74) is 2.37. The molecule has 0 amide bonds.